The molecule has 0 atom stereocenters. The second kappa shape index (κ2) is 5.92. The fourth-order valence-electron chi connectivity index (χ4n) is 1.79. The van der Waals surface area contributed by atoms with E-state index < -0.39 is 0 Å². The predicted molar refractivity (Wildman–Crippen MR) is 80.9 cm³/mol. The summed E-state index contributed by atoms with van der Waals surface area (Å²) >= 11 is 5.11. The van der Waals surface area contributed by atoms with Gasteiger partial charge in [0.1, 0.15) is 5.75 Å². The summed E-state index contributed by atoms with van der Waals surface area (Å²) in [5, 5.41) is 1.31. The lowest BCUT2D eigenvalue weighted by atomic mass is 10.1. The number of esters is 1. The smallest absolute Gasteiger partial charge is 0.310 e. The quantitative estimate of drug-likeness (QED) is 0.693. The molecule has 5 nitrogen and oxygen atoms in total. The van der Waals surface area contributed by atoms with Crippen molar-refractivity contribution in [2.45, 2.75) is 6.42 Å². The molecule has 0 saturated carbocycles. The molecule has 0 spiro atoms. The summed E-state index contributed by atoms with van der Waals surface area (Å²) in [7, 11) is 5.01. The molecule has 0 saturated heterocycles. The van der Waals surface area contributed by atoms with Crippen LogP contribution >= 0.6 is 12.2 Å². The van der Waals surface area contributed by atoms with E-state index in [1.807, 2.05) is 32.3 Å². The molecular weight excluding hydrogens is 276 g/mol. The third-order valence-electron chi connectivity index (χ3n) is 2.87. The number of thiocarbonyl (C=S) groups is 1. The molecule has 0 aliphatic rings. The van der Waals surface area contributed by atoms with Crippen molar-refractivity contribution >= 4 is 34.3 Å². The highest BCUT2D eigenvalue weighted by Crippen LogP contribution is 2.24. The van der Waals surface area contributed by atoms with Crippen LogP contribution in [0.4, 0.5) is 0 Å². The number of methoxy groups -OCH3 is 1. The Morgan fingerprint density at radius 3 is 2.80 bits per heavy atom. The van der Waals surface area contributed by atoms with Gasteiger partial charge in [-0.05, 0) is 36.0 Å². The van der Waals surface area contributed by atoms with Gasteiger partial charge in [0.2, 0.25) is 0 Å². The van der Waals surface area contributed by atoms with Gasteiger partial charge in [0.25, 0.3) is 5.17 Å². The molecule has 1 heterocycles. The van der Waals surface area contributed by atoms with E-state index in [4.69, 9.17) is 17.0 Å². The standard InChI is InChI=1S/C14H16N2O3S/c1-16(2)14(20)19-10-4-5-12-11(7-10)9(8-15-12)6-13(17)18-3/h4-5,7-8,15H,6H2,1-3H3. The second-order valence-electron chi connectivity index (χ2n) is 4.54. The number of carbonyl (C=O) groups is 1. The average molecular weight is 292 g/mol. The Bertz CT molecular complexity index is 649. The highest BCUT2D eigenvalue weighted by Gasteiger charge is 2.11. The molecule has 1 N–H and O–H groups in total. The summed E-state index contributed by atoms with van der Waals surface area (Å²) in [6, 6.07) is 5.58. The third-order valence-corrected chi connectivity index (χ3v) is 3.32. The second-order valence-corrected chi connectivity index (χ2v) is 4.89. The minimum Gasteiger partial charge on any atom is -0.469 e. The van der Waals surface area contributed by atoms with E-state index >= 15 is 0 Å². The monoisotopic (exact) mass is 292 g/mol. The molecule has 1 aromatic carbocycles. The van der Waals surface area contributed by atoms with Crippen LogP contribution in [0.2, 0.25) is 0 Å². The summed E-state index contributed by atoms with van der Waals surface area (Å²) in [6.07, 6.45) is 2.02. The highest BCUT2D eigenvalue weighted by atomic mass is 32.1. The molecule has 0 aliphatic heterocycles. The number of fused-ring (bicyclic) bond motifs is 1. The van der Waals surface area contributed by atoms with E-state index in [-0.39, 0.29) is 12.4 Å². The molecule has 2 aromatic rings. The van der Waals surface area contributed by atoms with Crippen LogP contribution in [0.5, 0.6) is 5.75 Å². The van der Waals surface area contributed by atoms with E-state index in [2.05, 4.69) is 9.72 Å². The predicted octanol–water partition coefficient (Wildman–Crippen LogP) is 2.11. The number of nitrogens with zero attached hydrogens (tertiary/aromatic N) is 1. The van der Waals surface area contributed by atoms with Crippen molar-refractivity contribution in [2.75, 3.05) is 21.2 Å². The fraction of sp³-hybridized carbons (Fsp3) is 0.286. The first kappa shape index (κ1) is 14.3. The number of hydrogen-bond acceptors (Lipinski definition) is 4. The molecule has 20 heavy (non-hydrogen) atoms. The Kier molecular flexibility index (Phi) is 4.24. The summed E-state index contributed by atoms with van der Waals surface area (Å²) in [5.74, 6) is 0.364. The number of hydrogen-bond donors (Lipinski definition) is 1. The van der Waals surface area contributed by atoms with E-state index in [0.29, 0.717) is 10.9 Å². The summed E-state index contributed by atoms with van der Waals surface area (Å²) in [4.78, 5) is 16.2. The van der Waals surface area contributed by atoms with E-state index in [1.165, 1.54) is 7.11 Å². The summed E-state index contributed by atoms with van der Waals surface area (Å²) in [6.45, 7) is 0. The Hall–Kier alpha value is -2.08. The van der Waals surface area contributed by atoms with Crippen molar-refractivity contribution in [2.24, 2.45) is 0 Å². The van der Waals surface area contributed by atoms with Crippen molar-refractivity contribution in [1.29, 1.82) is 0 Å². The van der Waals surface area contributed by atoms with Crippen LogP contribution in [-0.2, 0) is 16.0 Å². The molecule has 106 valence electrons. The lowest BCUT2D eigenvalue weighted by Crippen LogP contribution is -2.24. The normalized spacial score (nSPS) is 10.3. The third kappa shape index (κ3) is 3.08. The molecular formula is C14H16N2O3S. The zero-order valence-electron chi connectivity index (χ0n) is 11.6. The first-order valence-electron chi connectivity index (χ1n) is 6.07. The van der Waals surface area contributed by atoms with Gasteiger partial charge in [-0.2, -0.15) is 0 Å². The Morgan fingerprint density at radius 1 is 1.40 bits per heavy atom. The van der Waals surface area contributed by atoms with Crippen molar-refractivity contribution in [3.8, 4) is 5.75 Å². The SMILES string of the molecule is COC(=O)Cc1c[nH]c2ccc(OC(=S)N(C)C)cc12. The van der Waals surface area contributed by atoms with Crippen LogP contribution in [-0.4, -0.2) is 42.2 Å². The van der Waals surface area contributed by atoms with Crippen LogP contribution in [0.1, 0.15) is 5.56 Å². The molecule has 0 radical (unpaired) electrons. The topological polar surface area (TPSA) is 54.6 Å². The molecule has 0 fully saturated rings. The van der Waals surface area contributed by atoms with Crippen molar-refractivity contribution in [1.82, 2.24) is 9.88 Å². The van der Waals surface area contributed by atoms with Crippen LogP contribution in [0.25, 0.3) is 10.9 Å². The molecule has 1 aromatic heterocycles. The van der Waals surface area contributed by atoms with E-state index in [1.54, 1.807) is 11.1 Å². The zero-order chi connectivity index (χ0) is 14.7. The van der Waals surface area contributed by atoms with Crippen molar-refractivity contribution < 1.29 is 14.3 Å². The number of nitrogens with one attached hydrogen (secondary N) is 1. The zero-order valence-corrected chi connectivity index (χ0v) is 12.4. The highest BCUT2D eigenvalue weighted by molar-refractivity contribution is 7.80. The van der Waals surface area contributed by atoms with Gasteiger partial charge in [-0.15, -0.1) is 0 Å². The average Bonchev–Trinajstić information content (AvgIpc) is 2.81. The van der Waals surface area contributed by atoms with Crippen LogP contribution in [0.3, 0.4) is 0 Å². The molecule has 0 unspecified atom stereocenters. The van der Waals surface area contributed by atoms with Crippen molar-refractivity contribution in [3.63, 3.8) is 0 Å². The van der Waals surface area contributed by atoms with Gasteiger partial charge in [-0.3, -0.25) is 4.79 Å². The molecule has 2 rings (SSSR count). The molecule has 0 bridgehead atoms. The largest absolute Gasteiger partial charge is 0.469 e. The first-order valence-corrected chi connectivity index (χ1v) is 6.48. The van der Waals surface area contributed by atoms with E-state index in [0.717, 1.165) is 16.5 Å². The Morgan fingerprint density at radius 2 is 2.15 bits per heavy atom. The summed E-state index contributed by atoms with van der Waals surface area (Å²) < 4.78 is 10.3. The van der Waals surface area contributed by atoms with Gasteiger partial charge in [0, 0.05) is 31.2 Å². The first-order chi connectivity index (χ1) is 9.51. The minimum atomic E-state index is -0.277. The minimum absolute atomic E-state index is 0.220. The maximum Gasteiger partial charge on any atom is 0.310 e. The van der Waals surface area contributed by atoms with Gasteiger partial charge in [-0.25, -0.2) is 0 Å². The van der Waals surface area contributed by atoms with Gasteiger partial charge >= 0.3 is 5.97 Å². The van der Waals surface area contributed by atoms with Crippen LogP contribution in [0.15, 0.2) is 24.4 Å². The van der Waals surface area contributed by atoms with Crippen molar-refractivity contribution in [3.05, 3.63) is 30.0 Å². The number of H-pyrrole nitrogens is 1. The molecule has 0 aliphatic carbocycles. The van der Waals surface area contributed by atoms with Gasteiger partial charge in [0.15, 0.2) is 0 Å². The number of carbonyl (C=O) groups excluding carboxylic acids is 1. The number of aromatic amines is 1. The number of ether oxygens (including phenoxy) is 2. The van der Waals surface area contributed by atoms with Gasteiger partial charge < -0.3 is 19.4 Å². The lowest BCUT2D eigenvalue weighted by molar-refractivity contribution is -0.139. The fourth-order valence-corrected chi connectivity index (χ4v) is 1.88. The Balaban J connectivity index is 2.29. The number of aromatic nitrogens is 1. The van der Waals surface area contributed by atoms with Gasteiger partial charge in [-0.1, -0.05) is 0 Å². The number of benzene rings is 1. The summed E-state index contributed by atoms with van der Waals surface area (Å²) in [5.41, 5.74) is 1.81. The lowest BCUT2D eigenvalue weighted by Gasteiger charge is -2.14. The van der Waals surface area contributed by atoms with Crippen LogP contribution < -0.4 is 4.74 Å². The molecule has 6 heteroatoms. The van der Waals surface area contributed by atoms with Crippen LogP contribution in [0, 0.1) is 0 Å². The maximum atomic E-state index is 11.4. The van der Waals surface area contributed by atoms with E-state index in [9.17, 15) is 4.79 Å². The molecule has 0 amide bonds. The Labute approximate surface area is 122 Å². The maximum absolute atomic E-state index is 11.4. The van der Waals surface area contributed by atoms with Gasteiger partial charge in [0.05, 0.1) is 13.5 Å². The number of rotatable bonds is 3.